The zero-order valence-electron chi connectivity index (χ0n) is 11.1. The van der Waals surface area contributed by atoms with Crippen molar-refractivity contribution in [3.63, 3.8) is 0 Å². The van der Waals surface area contributed by atoms with Gasteiger partial charge in [0.05, 0.1) is 6.61 Å². The lowest BCUT2D eigenvalue weighted by molar-refractivity contribution is 0.185. The third kappa shape index (κ3) is 3.40. The number of aryl methyl sites for hydroxylation is 2. The first-order valence-corrected chi connectivity index (χ1v) is 6.50. The molecule has 1 aliphatic heterocycles. The fraction of sp³-hybridized carbons (Fsp3) is 0.692. The maximum atomic E-state index is 11.8. The summed E-state index contributed by atoms with van der Waals surface area (Å²) in [5.41, 5.74) is 0.816. The van der Waals surface area contributed by atoms with Gasteiger partial charge in [-0.2, -0.15) is 0 Å². The molecule has 0 spiro atoms. The SMILES string of the molecule is Cc1cc(=O)n(CCNCC2CCOC2)c(C)n1. The number of rotatable bonds is 5. The lowest BCUT2D eigenvalue weighted by atomic mass is 10.1. The van der Waals surface area contributed by atoms with E-state index < -0.39 is 0 Å². The van der Waals surface area contributed by atoms with Crippen molar-refractivity contribution in [1.82, 2.24) is 14.9 Å². The van der Waals surface area contributed by atoms with Crippen molar-refractivity contribution in [3.8, 4) is 0 Å². The lowest BCUT2D eigenvalue weighted by Crippen LogP contribution is -2.31. The predicted octanol–water partition coefficient (Wildman–Crippen LogP) is 0.486. The van der Waals surface area contributed by atoms with Crippen molar-refractivity contribution in [3.05, 3.63) is 27.9 Å². The summed E-state index contributed by atoms with van der Waals surface area (Å²) in [5, 5.41) is 3.38. The molecule has 1 atom stereocenters. The average molecular weight is 251 g/mol. The quantitative estimate of drug-likeness (QED) is 0.774. The summed E-state index contributed by atoms with van der Waals surface area (Å²) in [6.45, 7) is 7.89. The van der Waals surface area contributed by atoms with Gasteiger partial charge in [0.25, 0.3) is 5.56 Å². The topological polar surface area (TPSA) is 56.2 Å². The van der Waals surface area contributed by atoms with Crippen molar-refractivity contribution >= 4 is 0 Å². The highest BCUT2D eigenvalue weighted by molar-refractivity contribution is 5.01. The first kappa shape index (κ1) is 13.2. The van der Waals surface area contributed by atoms with Crippen LogP contribution >= 0.6 is 0 Å². The van der Waals surface area contributed by atoms with Crippen molar-refractivity contribution in [2.45, 2.75) is 26.8 Å². The van der Waals surface area contributed by atoms with Crippen LogP contribution in [0.4, 0.5) is 0 Å². The van der Waals surface area contributed by atoms with Crippen LogP contribution in [0.15, 0.2) is 10.9 Å². The molecule has 5 heteroatoms. The molecule has 1 aromatic heterocycles. The Morgan fingerprint density at radius 1 is 1.56 bits per heavy atom. The smallest absolute Gasteiger partial charge is 0.253 e. The fourth-order valence-electron chi connectivity index (χ4n) is 2.28. The van der Waals surface area contributed by atoms with E-state index in [-0.39, 0.29) is 5.56 Å². The molecule has 1 aromatic rings. The summed E-state index contributed by atoms with van der Waals surface area (Å²) in [4.78, 5) is 16.1. The highest BCUT2D eigenvalue weighted by atomic mass is 16.5. The van der Waals surface area contributed by atoms with Gasteiger partial charge in [0.2, 0.25) is 0 Å². The van der Waals surface area contributed by atoms with Crippen LogP contribution in [0.25, 0.3) is 0 Å². The van der Waals surface area contributed by atoms with E-state index in [0.717, 1.165) is 44.2 Å². The molecule has 0 radical (unpaired) electrons. The largest absolute Gasteiger partial charge is 0.381 e. The van der Waals surface area contributed by atoms with Crippen LogP contribution in [0.5, 0.6) is 0 Å². The van der Waals surface area contributed by atoms with Gasteiger partial charge in [-0.25, -0.2) is 4.98 Å². The van der Waals surface area contributed by atoms with Crippen molar-refractivity contribution in [2.24, 2.45) is 5.92 Å². The van der Waals surface area contributed by atoms with E-state index in [1.54, 1.807) is 10.6 Å². The van der Waals surface area contributed by atoms with Gasteiger partial charge in [0.15, 0.2) is 0 Å². The van der Waals surface area contributed by atoms with Crippen LogP contribution in [0, 0.1) is 19.8 Å². The van der Waals surface area contributed by atoms with Crippen LogP contribution in [0.3, 0.4) is 0 Å². The molecule has 0 aromatic carbocycles. The van der Waals surface area contributed by atoms with Gasteiger partial charge in [0.1, 0.15) is 5.82 Å². The highest BCUT2D eigenvalue weighted by Crippen LogP contribution is 2.10. The number of aromatic nitrogens is 2. The zero-order chi connectivity index (χ0) is 13.0. The Balaban J connectivity index is 1.81. The molecular weight excluding hydrogens is 230 g/mol. The molecular formula is C13H21N3O2. The Bertz CT molecular complexity index is 450. The molecule has 18 heavy (non-hydrogen) atoms. The van der Waals surface area contributed by atoms with Gasteiger partial charge in [-0.05, 0) is 26.2 Å². The average Bonchev–Trinajstić information content (AvgIpc) is 2.79. The Kier molecular flexibility index (Phi) is 4.49. The van der Waals surface area contributed by atoms with Crippen LogP contribution in [-0.4, -0.2) is 35.9 Å². The molecule has 100 valence electrons. The first-order valence-electron chi connectivity index (χ1n) is 6.50. The minimum absolute atomic E-state index is 0.0333. The first-order chi connectivity index (χ1) is 8.66. The number of nitrogens with one attached hydrogen (secondary N) is 1. The maximum Gasteiger partial charge on any atom is 0.253 e. The second kappa shape index (κ2) is 6.11. The van der Waals surface area contributed by atoms with Crippen LogP contribution in [-0.2, 0) is 11.3 Å². The van der Waals surface area contributed by atoms with Gasteiger partial charge in [-0.3, -0.25) is 9.36 Å². The Morgan fingerprint density at radius 2 is 2.39 bits per heavy atom. The molecule has 0 bridgehead atoms. The third-order valence-corrected chi connectivity index (χ3v) is 3.30. The number of ether oxygens (including phenoxy) is 1. The minimum atomic E-state index is 0.0333. The van der Waals surface area contributed by atoms with E-state index in [0.29, 0.717) is 12.5 Å². The third-order valence-electron chi connectivity index (χ3n) is 3.30. The summed E-state index contributed by atoms with van der Waals surface area (Å²) in [7, 11) is 0. The molecule has 1 N–H and O–H groups in total. The monoisotopic (exact) mass is 251 g/mol. The second-order valence-electron chi connectivity index (χ2n) is 4.87. The molecule has 1 saturated heterocycles. The molecule has 2 rings (SSSR count). The summed E-state index contributed by atoms with van der Waals surface area (Å²) in [6, 6.07) is 1.58. The molecule has 1 aliphatic rings. The summed E-state index contributed by atoms with van der Waals surface area (Å²) in [6.07, 6.45) is 1.14. The van der Waals surface area contributed by atoms with Gasteiger partial charge in [-0.15, -0.1) is 0 Å². The highest BCUT2D eigenvalue weighted by Gasteiger charge is 2.14. The predicted molar refractivity (Wildman–Crippen MR) is 69.8 cm³/mol. The standard InChI is InChI=1S/C13H21N3O2/c1-10-7-13(17)16(11(2)15-10)5-4-14-8-12-3-6-18-9-12/h7,12,14H,3-6,8-9H2,1-2H3. The van der Waals surface area contributed by atoms with Gasteiger partial charge < -0.3 is 10.1 Å². The lowest BCUT2D eigenvalue weighted by Gasteiger charge is -2.12. The van der Waals surface area contributed by atoms with E-state index in [1.165, 1.54) is 0 Å². The van der Waals surface area contributed by atoms with Crippen molar-refractivity contribution < 1.29 is 4.74 Å². The summed E-state index contributed by atoms with van der Waals surface area (Å²) in [5.74, 6) is 1.41. The van der Waals surface area contributed by atoms with E-state index in [4.69, 9.17) is 4.74 Å². The van der Waals surface area contributed by atoms with E-state index >= 15 is 0 Å². The Hall–Kier alpha value is -1.20. The molecule has 1 unspecified atom stereocenters. The normalized spacial score (nSPS) is 19.3. The van der Waals surface area contributed by atoms with E-state index in [2.05, 4.69) is 10.3 Å². The van der Waals surface area contributed by atoms with Crippen LogP contribution in [0.1, 0.15) is 17.9 Å². The van der Waals surface area contributed by atoms with Crippen LogP contribution < -0.4 is 10.9 Å². The summed E-state index contributed by atoms with van der Waals surface area (Å²) < 4.78 is 7.03. The molecule has 0 saturated carbocycles. The molecule has 0 amide bonds. The minimum Gasteiger partial charge on any atom is -0.381 e. The molecule has 0 aliphatic carbocycles. The van der Waals surface area contributed by atoms with Crippen molar-refractivity contribution in [1.29, 1.82) is 0 Å². The van der Waals surface area contributed by atoms with Crippen molar-refractivity contribution in [2.75, 3.05) is 26.3 Å². The van der Waals surface area contributed by atoms with E-state index in [1.807, 2.05) is 13.8 Å². The maximum absolute atomic E-state index is 11.8. The van der Waals surface area contributed by atoms with Crippen LogP contribution in [0.2, 0.25) is 0 Å². The van der Waals surface area contributed by atoms with E-state index in [9.17, 15) is 4.79 Å². The summed E-state index contributed by atoms with van der Waals surface area (Å²) >= 11 is 0. The van der Waals surface area contributed by atoms with Gasteiger partial charge >= 0.3 is 0 Å². The number of nitrogens with zero attached hydrogens (tertiary/aromatic N) is 2. The second-order valence-corrected chi connectivity index (χ2v) is 4.87. The zero-order valence-corrected chi connectivity index (χ0v) is 11.1. The number of hydrogen-bond acceptors (Lipinski definition) is 4. The Morgan fingerprint density at radius 3 is 3.06 bits per heavy atom. The molecule has 2 heterocycles. The number of hydrogen-bond donors (Lipinski definition) is 1. The molecule has 1 fully saturated rings. The molecule has 5 nitrogen and oxygen atoms in total. The Labute approximate surface area is 107 Å². The van der Waals surface area contributed by atoms with Gasteiger partial charge in [0, 0.05) is 38.0 Å². The fourth-order valence-corrected chi connectivity index (χ4v) is 2.28. The van der Waals surface area contributed by atoms with Gasteiger partial charge in [-0.1, -0.05) is 0 Å².